The van der Waals surface area contributed by atoms with E-state index in [-0.39, 0.29) is 18.0 Å². The first-order chi connectivity index (χ1) is 15.1. The molecule has 0 spiro atoms. The number of imide groups is 1. The van der Waals surface area contributed by atoms with Crippen molar-refractivity contribution in [3.8, 4) is 0 Å². The lowest BCUT2D eigenvalue weighted by molar-refractivity contribution is -0.136. The van der Waals surface area contributed by atoms with Crippen molar-refractivity contribution in [2.75, 3.05) is 13.1 Å². The quantitative estimate of drug-likeness (QED) is 0.646. The van der Waals surface area contributed by atoms with Crippen LogP contribution < -0.4 is 0 Å². The molecule has 168 valence electrons. The van der Waals surface area contributed by atoms with Crippen molar-refractivity contribution in [1.82, 2.24) is 14.4 Å². The number of fused-ring (bicyclic) bond motifs is 1. The smallest absolute Gasteiger partial charge is 0.294 e. The summed E-state index contributed by atoms with van der Waals surface area (Å²) in [7, 11) is 0. The molecule has 3 amide bonds. The van der Waals surface area contributed by atoms with Crippen molar-refractivity contribution in [3.63, 3.8) is 0 Å². The van der Waals surface area contributed by atoms with E-state index in [1.807, 2.05) is 38.1 Å². The second kappa shape index (κ2) is 8.28. The highest BCUT2D eigenvalue weighted by atomic mass is 32.2. The number of carbonyl (C=O) groups excluding carboxylic acids is 3. The summed E-state index contributed by atoms with van der Waals surface area (Å²) in [4.78, 5) is 41.6. The van der Waals surface area contributed by atoms with Crippen molar-refractivity contribution in [2.24, 2.45) is 0 Å². The van der Waals surface area contributed by atoms with Gasteiger partial charge in [-0.15, -0.1) is 0 Å². The van der Waals surface area contributed by atoms with Gasteiger partial charge in [0, 0.05) is 30.0 Å². The maximum atomic E-state index is 13.0. The Morgan fingerprint density at radius 1 is 1.12 bits per heavy atom. The monoisotopic (exact) mass is 451 g/mol. The first-order valence-corrected chi connectivity index (χ1v) is 11.7. The van der Waals surface area contributed by atoms with Gasteiger partial charge in [0.05, 0.1) is 4.91 Å². The number of nitrogens with zero attached hydrogens (tertiary/aromatic N) is 3. The van der Waals surface area contributed by atoms with Crippen LogP contribution >= 0.6 is 11.8 Å². The molecule has 0 N–H and O–H groups in total. The molecule has 1 aromatic carbocycles. The van der Waals surface area contributed by atoms with E-state index in [0.717, 1.165) is 45.6 Å². The minimum atomic E-state index is -0.397. The molecule has 0 unspecified atom stereocenters. The first kappa shape index (κ1) is 22.4. The van der Waals surface area contributed by atoms with Crippen molar-refractivity contribution in [3.05, 3.63) is 63.3 Å². The Kier molecular flexibility index (Phi) is 5.79. The third-order valence-electron chi connectivity index (χ3n) is 6.08. The molecule has 7 heteroatoms. The number of aromatic nitrogens is 1. The van der Waals surface area contributed by atoms with Crippen molar-refractivity contribution < 1.29 is 14.4 Å². The van der Waals surface area contributed by atoms with Crippen LogP contribution in [0.2, 0.25) is 0 Å². The van der Waals surface area contributed by atoms with Crippen LogP contribution in [0.4, 0.5) is 4.79 Å². The van der Waals surface area contributed by atoms with Crippen molar-refractivity contribution in [2.45, 2.75) is 53.1 Å². The van der Waals surface area contributed by atoms with E-state index in [1.54, 1.807) is 11.0 Å². The summed E-state index contributed by atoms with van der Waals surface area (Å²) >= 11 is 0.904. The van der Waals surface area contributed by atoms with E-state index in [1.165, 1.54) is 5.56 Å². The van der Waals surface area contributed by atoms with Crippen molar-refractivity contribution >= 4 is 34.9 Å². The van der Waals surface area contributed by atoms with Crippen LogP contribution in [-0.2, 0) is 28.1 Å². The number of hydrogen-bond acceptors (Lipinski definition) is 4. The Balaban J connectivity index is 1.50. The van der Waals surface area contributed by atoms with Gasteiger partial charge in [-0.05, 0) is 81.6 Å². The van der Waals surface area contributed by atoms with Gasteiger partial charge >= 0.3 is 0 Å². The fraction of sp³-hybridized carbons (Fsp3) is 0.400. The summed E-state index contributed by atoms with van der Waals surface area (Å²) < 4.78 is 2.22. The minimum absolute atomic E-state index is 0.0842. The van der Waals surface area contributed by atoms with Crippen molar-refractivity contribution in [1.29, 1.82) is 0 Å². The summed E-state index contributed by atoms with van der Waals surface area (Å²) in [6, 6.07) is 10.1. The first-order valence-electron chi connectivity index (χ1n) is 10.9. The molecular weight excluding hydrogens is 422 g/mol. The molecule has 3 heterocycles. The molecule has 0 aliphatic carbocycles. The number of carbonyl (C=O) groups is 3. The summed E-state index contributed by atoms with van der Waals surface area (Å²) in [5.74, 6) is -0.597. The number of rotatable bonds is 3. The third-order valence-corrected chi connectivity index (χ3v) is 6.99. The molecule has 1 aromatic heterocycles. The molecule has 4 rings (SSSR count). The molecule has 0 saturated carbocycles. The standard InChI is InChI=1S/C25H29N3O3S/c1-16-12-20(17(2)28(16)25(3,4)5)13-21-23(30)27(24(31)32-21)15-22(29)26-11-10-18-8-6-7-9-19(18)14-26/h6-9,12-13H,10-11,14-15H2,1-5H3. The van der Waals surface area contributed by atoms with Gasteiger partial charge in [0.15, 0.2) is 0 Å². The molecule has 2 aliphatic rings. The summed E-state index contributed by atoms with van der Waals surface area (Å²) in [6.45, 7) is 11.4. The van der Waals surface area contributed by atoms with Crippen LogP contribution in [0, 0.1) is 13.8 Å². The Morgan fingerprint density at radius 2 is 1.81 bits per heavy atom. The molecule has 2 aliphatic heterocycles. The maximum Gasteiger partial charge on any atom is 0.294 e. The number of thioether (sulfide) groups is 1. The molecule has 1 fully saturated rings. The van der Waals surface area contributed by atoms with Crippen LogP contribution in [0.1, 0.15) is 48.8 Å². The normalized spacial score (nSPS) is 18.0. The van der Waals surface area contributed by atoms with Gasteiger partial charge in [-0.3, -0.25) is 19.3 Å². The number of aryl methyl sites for hydroxylation is 1. The highest BCUT2D eigenvalue weighted by molar-refractivity contribution is 8.18. The zero-order valence-electron chi connectivity index (χ0n) is 19.3. The highest BCUT2D eigenvalue weighted by Gasteiger charge is 2.37. The highest BCUT2D eigenvalue weighted by Crippen LogP contribution is 2.34. The van der Waals surface area contributed by atoms with Gasteiger partial charge < -0.3 is 9.47 Å². The predicted molar refractivity (Wildman–Crippen MR) is 127 cm³/mol. The Hall–Kier alpha value is -2.80. The average molecular weight is 452 g/mol. The van der Waals surface area contributed by atoms with Crippen LogP contribution in [0.15, 0.2) is 35.2 Å². The lowest BCUT2D eigenvalue weighted by Gasteiger charge is -2.29. The lowest BCUT2D eigenvalue weighted by atomic mass is 10.00. The number of benzene rings is 1. The SMILES string of the molecule is Cc1cc(C=C2SC(=O)N(CC(=O)N3CCc4ccccc4C3)C2=O)c(C)n1C(C)(C)C. The van der Waals surface area contributed by atoms with Gasteiger partial charge in [0.2, 0.25) is 5.91 Å². The molecular formula is C25H29N3O3S. The van der Waals surface area contributed by atoms with E-state index in [4.69, 9.17) is 0 Å². The molecule has 0 bridgehead atoms. The Morgan fingerprint density at radius 3 is 2.47 bits per heavy atom. The largest absolute Gasteiger partial charge is 0.343 e. The molecule has 6 nitrogen and oxygen atoms in total. The van der Waals surface area contributed by atoms with Gasteiger partial charge in [-0.1, -0.05) is 24.3 Å². The van der Waals surface area contributed by atoms with Crippen LogP contribution in [-0.4, -0.2) is 44.5 Å². The van der Waals surface area contributed by atoms with Crippen LogP contribution in [0.5, 0.6) is 0 Å². The van der Waals surface area contributed by atoms with Crippen LogP contribution in [0.25, 0.3) is 6.08 Å². The average Bonchev–Trinajstić information content (AvgIpc) is 3.16. The zero-order valence-corrected chi connectivity index (χ0v) is 20.1. The van der Waals surface area contributed by atoms with Gasteiger partial charge in [-0.25, -0.2) is 0 Å². The van der Waals surface area contributed by atoms with E-state index < -0.39 is 11.1 Å². The zero-order chi connectivity index (χ0) is 23.2. The number of amides is 3. The Bertz CT molecular complexity index is 1140. The fourth-order valence-electron chi connectivity index (χ4n) is 4.69. The fourth-order valence-corrected chi connectivity index (χ4v) is 5.52. The van der Waals surface area contributed by atoms with E-state index >= 15 is 0 Å². The van der Waals surface area contributed by atoms with Gasteiger partial charge in [-0.2, -0.15) is 0 Å². The van der Waals surface area contributed by atoms with Gasteiger partial charge in [0.25, 0.3) is 11.1 Å². The molecule has 0 radical (unpaired) electrons. The van der Waals surface area contributed by atoms with Gasteiger partial charge in [0.1, 0.15) is 6.54 Å². The lowest BCUT2D eigenvalue weighted by Crippen LogP contribution is -2.44. The molecule has 0 atom stereocenters. The van der Waals surface area contributed by atoms with E-state index in [0.29, 0.717) is 18.0 Å². The molecule has 32 heavy (non-hydrogen) atoms. The maximum absolute atomic E-state index is 13.0. The van der Waals surface area contributed by atoms with E-state index in [2.05, 4.69) is 31.4 Å². The number of hydrogen-bond donors (Lipinski definition) is 0. The second-order valence-corrected chi connectivity index (χ2v) is 10.4. The third kappa shape index (κ3) is 4.13. The van der Waals surface area contributed by atoms with E-state index in [9.17, 15) is 14.4 Å². The summed E-state index contributed by atoms with van der Waals surface area (Å²) in [6.07, 6.45) is 2.56. The molecule has 1 saturated heterocycles. The second-order valence-electron chi connectivity index (χ2n) is 9.43. The summed E-state index contributed by atoms with van der Waals surface area (Å²) in [5.41, 5.74) is 5.35. The van der Waals surface area contributed by atoms with Crippen LogP contribution in [0.3, 0.4) is 0 Å². The Labute approximate surface area is 193 Å². The minimum Gasteiger partial charge on any atom is -0.343 e. The summed E-state index contributed by atoms with van der Waals surface area (Å²) in [5, 5.41) is -0.392. The topological polar surface area (TPSA) is 62.6 Å². The predicted octanol–water partition coefficient (Wildman–Crippen LogP) is 4.48. The molecule has 2 aromatic rings.